The maximum atomic E-state index is 13.2. The van der Waals surface area contributed by atoms with Gasteiger partial charge in [0.2, 0.25) is 11.8 Å². The van der Waals surface area contributed by atoms with Gasteiger partial charge in [-0.05, 0) is 50.5 Å². The molecule has 1 N–H and O–H groups in total. The first-order valence-electron chi connectivity index (χ1n) is 9.70. The number of benzene rings is 2. The van der Waals surface area contributed by atoms with Crippen LogP contribution in [0, 0.1) is 6.92 Å². The summed E-state index contributed by atoms with van der Waals surface area (Å²) in [6.45, 7) is 8.20. The summed E-state index contributed by atoms with van der Waals surface area (Å²) in [6, 6.07) is 14.8. The monoisotopic (exact) mass is 400 g/mol. The first kappa shape index (κ1) is 22.0. The van der Waals surface area contributed by atoms with E-state index in [2.05, 4.69) is 5.32 Å². The molecule has 0 saturated carbocycles. The Hall–Kier alpha value is -2.33. The summed E-state index contributed by atoms with van der Waals surface area (Å²) in [7, 11) is 0. The van der Waals surface area contributed by atoms with Gasteiger partial charge < -0.3 is 10.2 Å². The van der Waals surface area contributed by atoms with Crippen LogP contribution in [-0.2, 0) is 22.6 Å². The van der Waals surface area contributed by atoms with Gasteiger partial charge in [0.1, 0.15) is 6.04 Å². The highest BCUT2D eigenvalue weighted by molar-refractivity contribution is 6.30. The average Bonchev–Trinajstić information content (AvgIpc) is 2.64. The van der Waals surface area contributed by atoms with Gasteiger partial charge >= 0.3 is 0 Å². The molecule has 0 aliphatic carbocycles. The number of nitrogens with zero attached hydrogens (tertiary/aromatic N) is 1. The second-order valence-electron chi connectivity index (χ2n) is 7.40. The van der Waals surface area contributed by atoms with Gasteiger partial charge in [0, 0.05) is 17.6 Å². The molecule has 2 amide bonds. The minimum Gasteiger partial charge on any atom is -0.352 e. The first-order chi connectivity index (χ1) is 13.3. The fourth-order valence-electron chi connectivity index (χ4n) is 3.07. The van der Waals surface area contributed by atoms with E-state index in [1.165, 1.54) is 0 Å². The molecule has 0 aliphatic rings. The van der Waals surface area contributed by atoms with E-state index in [1.807, 2.05) is 64.1 Å². The van der Waals surface area contributed by atoms with Crippen molar-refractivity contribution >= 4 is 23.4 Å². The van der Waals surface area contributed by atoms with Crippen molar-refractivity contribution in [3.8, 4) is 0 Å². The van der Waals surface area contributed by atoms with E-state index in [-0.39, 0.29) is 24.3 Å². The zero-order valence-corrected chi connectivity index (χ0v) is 17.8. The Bertz CT molecular complexity index is 785. The Morgan fingerprint density at radius 1 is 1.00 bits per heavy atom. The lowest BCUT2D eigenvalue weighted by molar-refractivity contribution is -0.141. The molecule has 0 bridgehead atoms. The Morgan fingerprint density at radius 3 is 2.11 bits per heavy atom. The summed E-state index contributed by atoms with van der Waals surface area (Å²) in [4.78, 5) is 27.6. The zero-order chi connectivity index (χ0) is 20.7. The van der Waals surface area contributed by atoms with Gasteiger partial charge in [-0.15, -0.1) is 0 Å². The molecule has 2 rings (SSSR count). The van der Waals surface area contributed by atoms with Gasteiger partial charge in [-0.1, -0.05) is 60.5 Å². The van der Waals surface area contributed by atoms with Crippen molar-refractivity contribution in [3.63, 3.8) is 0 Å². The van der Waals surface area contributed by atoms with Crippen LogP contribution in [0.15, 0.2) is 48.5 Å². The highest BCUT2D eigenvalue weighted by Gasteiger charge is 2.28. The lowest BCUT2D eigenvalue weighted by Gasteiger charge is -2.31. The molecule has 2 aromatic carbocycles. The molecule has 0 spiro atoms. The molecule has 0 radical (unpaired) electrons. The number of rotatable bonds is 8. The number of hydrogen-bond donors (Lipinski definition) is 1. The summed E-state index contributed by atoms with van der Waals surface area (Å²) in [6.07, 6.45) is 0.783. The number of nitrogens with one attached hydrogen (secondary N) is 1. The number of hydrogen-bond acceptors (Lipinski definition) is 2. The normalized spacial score (nSPS) is 11.9. The molecule has 150 valence electrons. The molecule has 1 atom stereocenters. The molecule has 5 heteroatoms. The smallest absolute Gasteiger partial charge is 0.243 e. The van der Waals surface area contributed by atoms with Crippen LogP contribution in [0.4, 0.5) is 0 Å². The molecular weight excluding hydrogens is 372 g/mol. The summed E-state index contributed by atoms with van der Waals surface area (Å²) >= 11 is 5.95. The predicted octanol–water partition coefficient (Wildman–Crippen LogP) is 4.52. The van der Waals surface area contributed by atoms with Crippen molar-refractivity contribution in [2.24, 2.45) is 0 Å². The van der Waals surface area contributed by atoms with Crippen LogP contribution in [0.1, 0.15) is 43.9 Å². The number of aryl methyl sites for hydroxylation is 1. The molecule has 0 fully saturated rings. The fourth-order valence-corrected chi connectivity index (χ4v) is 3.19. The van der Waals surface area contributed by atoms with E-state index in [1.54, 1.807) is 17.0 Å². The van der Waals surface area contributed by atoms with Gasteiger partial charge in [-0.2, -0.15) is 0 Å². The third-order valence-electron chi connectivity index (χ3n) is 4.56. The van der Waals surface area contributed by atoms with Crippen LogP contribution in [0.5, 0.6) is 0 Å². The summed E-state index contributed by atoms with van der Waals surface area (Å²) < 4.78 is 0. The third kappa shape index (κ3) is 6.38. The highest BCUT2D eigenvalue weighted by Crippen LogP contribution is 2.16. The molecule has 4 nitrogen and oxygen atoms in total. The lowest BCUT2D eigenvalue weighted by atomic mass is 10.1. The Balaban J connectivity index is 2.27. The SMILES string of the molecule is CC[C@@H](C(=O)NC(C)C)N(Cc1ccc(C)cc1)C(=O)Cc1ccc(Cl)cc1. The van der Waals surface area contributed by atoms with Crippen molar-refractivity contribution in [1.82, 2.24) is 10.2 Å². The molecule has 0 aliphatic heterocycles. The number of carbonyl (C=O) groups is 2. The van der Waals surface area contributed by atoms with Crippen LogP contribution in [0.25, 0.3) is 0 Å². The summed E-state index contributed by atoms with van der Waals surface area (Å²) in [5.74, 6) is -0.192. The Labute approximate surface area is 172 Å². The van der Waals surface area contributed by atoms with Crippen LogP contribution < -0.4 is 5.32 Å². The molecule has 28 heavy (non-hydrogen) atoms. The summed E-state index contributed by atoms with van der Waals surface area (Å²) in [5.41, 5.74) is 3.04. The standard InChI is InChI=1S/C23H29ClN2O2/c1-5-21(23(28)25-16(2)3)26(15-19-8-6-17(4)7-9-19)22(27)14-18-10-12-20(24)13-11-18/h6-13,16,21H,5,14-15H2,1-4H3,(H,25,28)/t21-/m0/s1. The summed E-state index contributed by atoms with van der Waals surface area (Å²) in [5, 5.41) is 3.58. The molecule has 0 saturated heterocycles. The van der Waals surface area contributed by atoms with Crippen LogP contribution >= 0.6 is 11.6 Å². The van der Waals surface area contributed by atoms with Gasteiger partial charge in [0.05, 0.1) is 6.42 Å². The van der Waals surface area contributed by atoms with Crippen LogP contribution in [-0.4, -0.2) is 28.8 Å². The number of amides is 2. The molecular formula is C23H29ClN2O2. The minimum atomic E-state index is -0.511. The molecule has 0 heterocycles. The van der Waals surface area contributed by atoms with Crippen molar-refractivity contribution in [2.45, 2.75) is 59.2 Å². The van der Waals surface area contributed by atoms with E-state index in [0.29, 0.717) is 18.0 Å². The minimum absolute atomic E-state index is 0.0224. The quantitative estimate of drug-likeness (QED) is 0.708. The molecule has 0 unspecified atom stereocenters. The Kier molecular flexibility index (Phi) is 8.06. The van der Waals surface area contributed by atoms with Crippen molar-refractivity contribution < 1.29 is 9.59 Å². The van der Waals surface area contributed by atoms with Gasteiger partial charge in [0.25, 0.3) is 0 Å². The largest absolute Gasteiger partial charge is 0.352 e. The van der Waals surface area contributed by atoms with Crippen LogP contribution in [0.2, 0.25) is 5.02 Å². The maximum absolute atomic E-state index is 13.2. The van der Waals surface area contributed by atoms with Crippen molar-refractivity contribution in [3.05, 3.63) is 70.2 Å². The lowest BCUT2D eigenvalue weighted by Crippen LogP contribution is -2.50. The van der Waals surface area contributed by atoms with E-state index in [4.69, 9.17) is 11.6 Å². The predicted molar refractivity (Wildman–Crippen MR) is 114 cm³/mol. The number of carbonyl (C=O) groups excluding carboxylic acids is 2. The van der Waals surface area contributed by atoms with E-state index in [0.717, 1.165) is 16.7 Å². The third-order valence-corrected chi connectivity index (χ3v) is 4.81. The van der Waals surface area contributed by atoms with Gasteiger partial charge in [-0.3, -0.25) is 9.59 Å². The fraction of sp³-hybridized carbons (Fsp3) is 0.391. The maximum Gasteiger partial charge on any atom is 0.243 e. The zero-order valence-electron chi connectivity index (χ0n) is 17.0. The van der Waals surface area contributed by atoms with Gasteiger partial charge in [-0.25, -0.2) is 0 Å². The van der Waals surface area contributed by atoms with Crippen molar-refractivity contribution in [1.29, 1.82) is 0 Å². The Morgan fingerprint density at radius 2 is 1.57 bits per heavy atom. The first-order valence-corrected chi connectivity index (χ1v) is 10.1. The molecule has 0 aromatic heterocycles. The van der Waals surface area contributed by atoms with Crippen LogP contribution in [0.3, 0.4) is 0 Å². The number of halogens is 1. The second kappa shape index (κ2) is 10.3. The average molecular weight is 401 g/mol. The van der Waals surface area contributed by atoms with E-state index < -0.39 is 6.04 Å². The topological polar surface area (TPSA) is 49.4 Å². The van der Waals surface area contributed by atoms with Gasteiger partial charge in [0.15, 0.2) is 0 Å². The molecule has 2 aromatic rings. The van der Waals surface area contributed by atoms with E-state index in [9.17, 15) is 9.59 Å². The second-order valence-corrected chi connectivity index (χ2v) is 7.83. The van der Waals surface area contributed by atoms with Crippen molar-refractivity contribution in [2.75, 3.05) is 0 Å². The highest BCUT2D eigenvalue weighted by atomic mass is 35.5. The van der Waals surface area contributed by atoms with E-state index >= 15 is 0 Å².